The van der Waals surface area contributed by atoms with Crippen molar-refractivity contribution in [2.75, 3.05) is 6.54 Å². The molecule has 118 valence electrons. The minimum Gasteiger partial charge on any atom is -0.481 e. The van der Waals surface area contributed by atoms with Crippen LogP contribution in [0, 0.1) is 0 Å². The second kappa shape index (κ2) is 8.40. The first-order valence-corrected chi connectivity index (χ1v) is 6.61. The number of carboxylic acids is 1. The summed E-state index contributed by atoms with van der Waals surface area (Å²) in [6.45, 7) is 2.06. The van der Waals surface area contributed by atoms with Crippen LogP contribution in [0.5, 0.6) is 0 Å². The fraction of sp³-hybridized carbons (Fsp3) is 0.286. The van der Waals surface area contributed by atoms with Crippen molar-refractivity contribution in [3.8, 4) is 0 Å². The monoisotopic (exact) mass is 306 g/mol. The quantitative estimate of drug-likeness (QED) is 0.521. The Hall–Kier alpha value is -2.90. The number of aliphatic carboxylic acids is 1. The fourth-order valence-electron chi connectivity index (χ4n) is 1.59. The molecular formula is C14H18N4O4. The molecule has 0 spiro atoms. The predicted molar refractivity (Wildman–Crippen MR) is 79.2 cm³/mol. The first-order valence-electron chi connectivity index (χ1n) is 6.61. The van der Waals surface area contributed by atoms with Crippen LogP contribution in [0.15, 0.2) is 30.0 Å². The minimum absolute atomic E-state index is 0.000616. The molecule has 0 aliphatic carbocycles. The number of allylic oxidation sites excluding steroid dienone is 3. The van der Waals surface area contributed by atoms with E-state index in [1.54, 1.807) is 12.2 Å². The molecule has 0 fully saturated rings. The van der Waals surface area contributed by atoms with Gasteiger partial charge in [0.2, 0.25) is 0 Å². The smallest absolute Gasteiger partial charge is 0.303 e. The summed E-state index contributed by atoms with van der Waals surface area (Å²) in [4.78, 5) is 39.4. The highest BCUT2D eigenvalue weighted by Gasteiger charge is 2.11. The molecule has 0 saturated carbocycles. The highest BCUT2D eigenvalue weighted by molar-refractivity contribution is 5.94. The molecule has 1 heterocycles. The lowest BCUT2D eigenvalue weighted by molar-refractivity contribution is -0.136. The van der Waals surface area contributed by atoms with Crippen molar-refractivity contribution in [1.82, 2.24) is 15.3 Å². The van der Waals surface area contributed by atoms with Crippen molar-refractivity contribution in [3.05, 3.63) is 41.5 Å². The van der Waals surface area contributed by atoms with Gasteiger partial charge in [0, 0.05) is 19.2 Å². The Morgan fingerprint density at radius 3 is 2.68 bits per heavy atom. The largest absolute Gasteiger partial charge is 0.481 e. The molecule has 2 amide bonds. The van der Waals surface area contributed by atoms with E-state index >= 15 is 0 Å². The van der Waals surface area contributed by atoms with Crippen molar-refractivity contribution in [3.63, 3.8) is 0 Å². The van der Waals surface area contributed by atoms with Gasteiger partial charge < -0.3 is 21.1 Å². The number of H-pyrrole nitrogens is 1. The van der Waals surface area contributed by atoms with Crippen LogP contribution in [0.3, 0.4) is 0 Å². The van der Waals surface area contributed by atoms with Crippen LogP contribution in [0.4, 0.5) is 0 Å². The van der Waals surface area contributed by atoms with Crippen molar-refractivity contribution in [2.45, 2.75) is 19.8 Å². The van der Waals surface area contributed by atoms with Gasteiger partial charge in [-0.2, -0.15) is 0 Å². The maximum atomic E-state index is 11.7. The maximum absolute atomic E-state index is 11.7. The van der Waals surface area contributed by atoms with Gasteiger partial charge in [-0.25, -0.2) is 4.98 Å². The van der Waals surface area contributed by atoms with Gasteiger partial charge in [0.25, 0.3) is 11.8 Å². The molecule has 1 aromatic heterocycles. The van der Waals surface area contributed by atoms with Crippen LogP contribution in [-0.4, -0.2) is 39.4 Å². The summed E-state index contributed by atoms with van der Waals surface area (Å²) < 4.78 is 0. The Kier molecular flexibility index (Phi) is 6.55. The number of hydrogen-bond donors (Lipinski definition) is 4. The number of aromatic amines is 1. The SMILES string of the molecule is C/C=C(\C=C/CNC(=O)c1nc(C(N)=O)c[nH]1)CCC(=O)O. The Morgan fingerprint density at radius 1 is 1.41 bits per heavy atom. The van der Waals surface area contributed by atoms with Crippen LogP contribution < -0.4 is 11.1 Å². The number of rotatable bonds is 8. The lowest BCUT2D eigenvalue weighted by Crippen LogP contribution is -2.24. The van der Waals surface area contributed by atoms with Crippen LogP contribution >= 0.6 is 0 Å². The lowest BCUT2D eigenvalue weighted by atomic mass is 10.1. The first kappa shape index (κ1) is 17.2. The number of primary amides is 1. The van der Waals surface area contributed by atoms with Crippen LogP contribution in [0.1, 0.15) is 40.9 Å². The molecule has 5 N–H and O–H groups in total. The number of imidazole rings is 1. The Labute approximate surface area is 127 Å². The van der Waals surface area contributed by atoms with Crippen molar-refractivity contribution >= 4 is 17.8 Å². The van der Waals surface area contributed by atoms with E-state index in [0.29, 0.717) is 6.42 Å². The van der Waals surface area contributed by atoms with Crippen LogP contribution in [0.2, 0.25) is 0 Å². The summed E-state index contributed by atoms with van der Waals surface area (Å²) in [5.41, 5.74) is 5.89. The molecule has 22 heavy (non-hydrogen) atoms. The standard InChI is InChI=1S/C14H18N4O4/c1-2-9(5-6-11(19)20)4-3-7-16-14(22)13-17-8-10(18-13)12(15)21/h2-4,8H,5-7H2,1H3,(H2,15,21)(H,16,22)(H,17,18)(H,19,20)/b4-3-,9-2+. The molecule has 0 aromatic carbocycles. The normalized spacial score (nSPS) is 11.6. The number of aromatic nitrogens is 2. The van der Waals surface area contributed by atoms with Crippen molar-refractivity contribution < 1.29 is 19.5 Å². The molecule has 1 aromatic rings. The van der Waals surface area contributed by atoms with E-state index in [-0.39, 0.29) is 24.5 Å². The summed E-state index contributed by atoms with van der Waals surface area (Å²) in [5.74, 6) is -2.04. The number of hydrogen-bond acceptors (Lipinski definition) is 4. The van der Waals surface area contributed by atoms with E-state index < -0.39 is 17.8 Å². The lowest BCUT2D eigenvalue weighted by Gasteiger charge is -2.00. The number of carbonyl (C=O) groups is 3. The molecule has 8 nitrogen and oxygen atoms in total. The topological polar surface area (TPSA) is 138 Å². The molecule has 8 heteroatoms. The van der Waals surface area contributed by atoms with Gasteiger partial charge in [-0.1, -0.05) is 23.8 Å². The number of carboxylic acid groups (broad SMARTS) is 1. The highest BCUT2D eigenvalue weighted by Crippen LogP contribution is 2.06. The third-order valence-electron chi connectivity index (χ3n) is 2.76. The number of nitrogens with two attached hydrogens (primary N) is 1. The molecule has 0 aliphatic heterocycles. The molecule has 0 bridgehead atoms. The molecule has 0 unspecified atom stereocenters. The average molecular weight is 306 g/mol. The van der Waals surface area contributed by atoms with Crippen LogP contribution in [0.25, 0.3) is 0 Å². The summed E-state index contributed by atoms with van der Waals surface area (Å²) >= 11 is 0. The minimum atomic E-state index is -0.857. The molecule has 0 aliphatic rings. The van der Waals surface area contributed by atoms with Gasteiger partial charge >= 0.3 is 5.97 Å². The van der Waals surface area contributed by atoms with E-state index in [9.17, 15) is 14.4 Å². The second-order valence-corrected chi connectivity index (χ2v) is 4.37. The summed E-state index contributed by atoms with van der Waals surface area (Å²) in [7, 11) is 0. The van der Waals surface area contributed by atoms with Gasteiger partial charge in [0.05, 0.1) is 0 Å². The zero-order chi connectivity index (χ0) is 16.5. The molecule has 0 radical (unpaired) electrons. The Morgan fingerprint density at radius 2 is 2.14 bits per heavy atom. The van der Waals surface area contributed by atoms with E-state index in [2.05, 4.69) is 15.3 Å². The highest BCUT2D eigenvalue weighted by atomic mass is 16.4. The first-order chi connectivity index (χ1) is 10.4. The van der Waals surface area contributed by atoms with Gasteiger partial charge in [-0.05, 0) is 13.3 Å². The van der Waals surface area contributed by atoms with Gasteiger partial charge in [-0.3, -0.25) is 14.4 Å². The zero-order valence-corrected chi connectivity index (χ0v) is 12.1. The Balaban J connectivity index is 2.44. The van der Waals surface area contributed by atoms with Crippen molar-refractivity contribution in [2.24, 2.45) is 5.73 Å². The van der Waals surface area contributed by atoms with E-state index in [4.69, 9.17) is 10.8 Å². The zero-order valence-electron chi connectivity index (χ0n) is 12.1. The molecule has 0 atom stereocenters. The summed E-state index contributed by atoms with van der Waals surface area (Å²) in [5, 5.41) is 11.2. The maximum Gasteiger partial charge on any atom is 0.303 e. The van der Waals surface area contributed by atoms with Gasteiger partial charge in [0.1, 0.15) is 5.69 Å². The van der Waals surface area contributed by atoms with E-state index in [1.807, 2.05) is 13.0 Å². The van der Waals surface area contributed by atoms with Crippen molar-refractivity contribution in [1.29, 1.82) is 0 Å². The van der Waals surface area contributed by atoms with Gasteiger partial charge in [0.15, 0.2) is 5.82 Å². The Bertz CT molecular complexity index is 616. The summed E-state index contributed by atoms with van der Waals surface area (Å²) in [6.07, 6.45) is 7.01. The second-order valence-electron chi connectivity index (χ2n) is 4.37. The number of amides is 2. The molecular weight excluding hydrogens is 288 g/mol. The van der Waals surface area contributed by atoms with Crippen LogP contribution in [-0.2, 0) is 4.79 Å². The number of nitrogens with one attached hydrogen (secondary N) is 2. The third-order valence-corrected chi connectivity index (χ3v) is 2.76. The van der Waals surface area contributed by atoms with E-state index in [1.165, 1.54) is 6.20 Å². The predicted octanol–water partition coefficient (Wildman–Crippen LogP) is 0.606. The number of carbonyl (C=O) groups excluding carboxylic acids is 2. The molecule has 1 rings (SSSR count). The number of nitrogens with zero attached hydrogens (tertiary/aromatic N) is 1. The van der Waals surface area contributed by atoms with E-state index in [0.717, 1.165) is 5.57 Å². The third kappa shape index (κ3) is 5.61. The molecule has 0 saturated heterocycles. The fourth-order valence-corrected chi connectivity index (χ4v) is 1.59. The average Bonchev–Trinajstić information content (AvgIpc) is 2.96. The van der Waals surface area contributed by atoms with Gasteiger partial charge in [-0.15, -0.1) is 0 Å². The summed E-state index contributed by atoms with van der Waals surface area (Å²) in [6, 6.07) is 0.